The third-order valence-corrected chi connectivity index (χ3v) is 4.80. The van der Waals surface area contributed by atoms with Crippen LogP contribution in [0.4, 0.5) is 10.2 Å². The lowest BCUT2D eigenvalue weighted by Gasteiger charge is -2.24. The molecule has 6 nitrogen and oxygen atoms in total. The van der Waals surface area contributed by atoms with Crippen LogP contribution >= 0.6 is 0 Å². The number of halogens is 1. The highest BCUT2D eigenvalue weighted by Gasteiger charge is 2.32. The summed E-state index contributed by atoms with van der Waals surface area (Å²) in [4.78, 5) is 26.7. The molecule has 1 atom stereocenters. The number of benzene rings is 1. The molecule has 1 aliphatic rings. The predicted octanol–water partition coefficient (Wildman–Crippen LogP) is 3.42. The number of H-pyrrole nitrogens is 1. The number of nitrogens with one attached hydrogen (secondary N) is 2. The molecule has 1 saturated heterocycles. The maximum Gasteiger partial charge on any atom is 0.270 e. The minimum Gasteiger partial charge on any atom is -0.373 e. The zero-order valence-electron chi connectivity index (χ0n) is 14.7. The van der Waals surface area contributed by atoms with Gasteiger partial charge >= 0.3 is 0 Å². The van der Waals surface area contributed by atoms with Gasteiger partial charge in [0.05, 0.1) is 17.3 Å². The Hall–Kier alpha value is -2.96. The molecule has 1 amide bonds. The van der Waals surface area contributed by atoms with E-state index in [1.807, 2.05) is 24.9 Å². The largest absolute Gasteiger partial charge is 0.373 e. The van der Waals surface area contributed by atoms with Crippen molar-refractivity contribution in [3.05, 3.63) is 53.4 Å². The van der Waals surface area contributed by atoms with Crippen LogP contribution in [0.25, 0.3) is 10.9 Å². The van der Waals surface area contributed by atoms with Crippen LogP contribution in [0.3, 0.4) is 0 Å². The van der Waals surface area contributed by atoms with Crippen molar-refractivity contribution >= 4 is 22.6 Å². The van der Waals surface area contributed by atoms with E-state index in [2.05, 4.69) is 20.3 Å². The molecule has 0 radical (unpaired) electrons. The number of carbonyl (C=O) groups is 1. The Kier molecular flexibility index (Phi) is 4.06. The van der Waals surface area contributed by atoms with Gasteiger partial charge in [0.25, 0.3) is 5.91 Å². The Balaban J connectivity index is 1.68. The summed E-state index contributed by atoms with van der Waals surface area (Å²) in [6, 6.07) is 8.30. The molecule has 0 bridgehead atoms. The van der Waals surface area contributed by atoms with E-state index in [1.165, 1.54) is 6.07 Å². The summed E-state index contributed by atoms with van der Waals surface area (Å²) in [5, 5.41) is 3.72. The molecule has 0 saturated carbocycles. The third-order valence-electron chi connectivity index (χ3n) is 4.80. The smallest absolute Gasteiger partial charge is 0.270 e. The number of likely N-dealkylation sites (tertiary alicyclic amines) is 1. The number of anilines is 1. The van der Waals surface area contributed by atoms with E-state index in [0.717, 1.165) is 24.4 Å². The number of nitrogens with zero attached hydrogens (tertiary/aromatic N) is 3. The molecule has 26 heavy (non-hydrogen) atoms. The van der Waals surface area contributed by atoms with Gasteiger partial charge in [-0.1, -0.05) is 12.1 Å². The van der Waals surface area contributed by atoms with Crippen LogP contribution in [0.2, 0.25) is 0 Å². The highest BCUT2D eigenvalue weighted by Crippen LogP contribution is 2.33. The SMILES string of the molecule is CNc1cc(C2CCCN2C(=O)c2cc3cccc(F)c3[nH]2)nc(C)n1. The second-order valence-electron chi connectivity index (χ2n) is 6.52. The summed E-state index contributed by atoms with van der Waals surface area (Å²) >= 11 is 0. The molecule has 4 rings (SSSR count). The highest BCUT2D eigenvalue weighted by atomic mass is 19.1. The molecular weight excluding hydrogens is 333 g/mol. The van der Waals surface area contributed by atoms with Gasteiger partial charge in [-0.3, -0.25) is 4.79 Å². The van der Waals surface area contributed by atoms with Crippen LogP contribution in [0, 0.1) is 12.7 Å². The maximum atomic E-state index is 13.9. The maximum absolute atomic E-state index is 13.9. The monoisotopic (exact) mass is 353 g/mol. The average Bonchev–Trinajstić information content (AvgIpc) is 3.28. The molecular formula is C19H20FN5O. The molecule has 2 N–H and O–H groups in total. The molecule has 3 aromatic rings. The number of aromatic nitrogens is 3. The quantitative estimate of drug-likeness (QED) is 0.757. The van der Waals surface area contributed by atoms with E-state index < -0.39 is 0 Å². The highest BCUT2D eigenvalue weighted by molar-refractivity contribution is 5.98. The second kappa shape index (κ2) is 6.40. The zero-order chi connectivity index (χ0) is 18.3. The first-order valence-electron chi connectivity index (χ1n) is 8.68. The number of rotatable bonds is 3. The summed E-state index contributed by atoms with van der Waals surface area (Å²) < 4.78 is 13.9. The minimum absolute atomic E-state index is 0.104. The van der Waals surface area contributed by atoms with Gasteiger partial charge < -0.3 is 15.2 Å². The van der Waals surface area contributed by atoms with E-state index in [0.29, 0.717) is 29.0 Å². The van der Waals surface area contributed by atoms with Crippen LogP contribution < -0.4 is 5.32 Å². The molecule has 2 aromatic heterocycles. The van der Waals surface area contributed by atoms with Gasteiger partial charge in [-0.15, -0.1) is 0 Å². The third kappa shape index (κ3) is 2.79. The van der Waals surface area contributed by atoms with Gasteiger partial charge in [-0.25, -0.2) is 14.4 Å². The van der Waals surface area contributed by atoms with Crippen LogP contribution in [0.15, 0.2) is 30.3 Å². The lowest BCUT2D eigenvalue weighted by molar-refractivity contribution is 0.0727. The second-order valence-corrected chi connectivity index (χ2v) is 6.52. The number of aromatic amines is 1. The van der Waals surface area contributed by atoms with E-state index in [9.17, 15) is 9.18 Å². The topological polar surface area (TPSA) is 73.9 Å². The van der Waals surface area contributed by atoms with Gasteiger partial charge in [0, 0.05) is 25.0 Å². The van der Waals surface area contributed by atoms with Crippen LogP contribution in [-0.2, 0) is 0 Å². The molecule has 1 unspecified atom stereocenters. The Bertz CT molecular complexity index is 983. The van der Waals surface area contributed by atoms with Crippen molar-refractivity contribution in [2.75, 3.05) is 18.9 Å². The molecule has 0 spiro atoms. The Morgan fingerprint density at radius 1 is 1.35 bits per heavy atom. The Labute approximate surface area is 150 Å². The fourth-order valence-corrected chi connectivity index (χ4v) is 3.60. The van der Waals surface area contributed by atoms with Crippen molar-refractivity contribution in [3.63, 3.8) is 0 Å². The van der Waals surface area contributed by atoms with Crippen LogP contribution in [0.1, 0.15) is 40.9 Å². The summed E-state index contributed by atoms with van der Waals surface area (Å²) in [5.41, 5.74) is 1.59. The van der Waals surface area contributed by atoms with Gasteiger partial charge in [0.15, 0.2) is 0 Å². The Morgan fingerprint density at radius 2 is 2.19 bits per heavy atom. The first-order chi connectivity index (χ1) is 12.6. The summed E-state index contributed by atoms with van der Waals surface area (Å²) in [6.45, 7) is 2.49. The average molecular weight is 353 g/mol. The van der Waals surface area contributed by atoms with Gasteiger partial charge in [0.1, 0.15) is 23.2 Å². The predicted molar refractivity (Wildman–Crippen MR) is 97.6 cm³/mol. The Morgan fingerprint density at radius 3 is 2.96 bits per heavy atom. The van der Waals surface area contributed by atoms with Crippen molar-refractivity contribution in [1.29, 1.82) is 0 Å². The standard InChI is InChI=1S/C19H20FN5O/c1-11-22-14(10-17(21-2)23-11)16-7-4-8-25(16)19(26)15-9-12-5-3-6-13(20)18(12)24-15/h3,5-6,9-10,16,24H,4,7-8H2,1-2H3,(H,21,22,23). The number of fused-ring (bicyclic) bond motifs is 1. The molecule has 7 heteroatoms. The van der Waals surface area contributed by atoms with Crippen molar-refractivity contribution in [2.24, 2.45) is 0 Å². The molecule has 1 fully saturated rings. The van der Waals surface area contributed by atoms with Gasteiger partial charge in [-0.2, -0.15) is 0 Å². The van der Waals surface area contributed by atoms with Crippen molar-refractivity contribution in [2.45, 2.75) is 25.8 Å². The number of amides is 1. The van der Waals surface area contributed by atoms with Gasteiger partial charge in [0.2, 0.25) is 0 Å². The van der Waals surface area contributed by atoms with E-state index in [4.69, 9.17) is 0 Å². The molecule has 3 heterocycles. The van der Waals surface area contributed by atoms with Gasteiger partial charge in [-0.05, 0) is 31.9 Å². The van der Waals surface area contributed by atoms with E-state index in [-0.39, 0.29) is 17.8 Å². The summed E-state index contributed by atoms with van der Waals surface area (Å²) in [6.07, 6.45) is 1.75. The molecule has 1 aliphatic heterocycles. The van der Waals surface area contributed by atoms with Crippen molar-refractivity contribution in [3.8, 4) is 0 Å². The number of para-hydroxylation sites is 1. The minimum atomic E-state index is -0.357. The number of aryl methyl sites for hydroxylation is 1. The zero-order valence-corrected chi connectivity index (χ0v) is 14.7. The fourth-order valence-electron chi connectivity index (χ4n) is 3.60. The number of hydrogen-bond donors (Lipinski definition) is 2. The molecule has 1 aromatic carbocycles. The first kappa shape index (κ1) is 16.5. The normalized spacial score (nSPS) is 17.0. The fraction of sp³-hybridized carbons (Fsp3) is 0.316. The lowest BCUT2D eigenvalue weighted by atomic mass is 10.1. The summed E-state index contributed by atoms with van der Waals surface area (Å²) in [7, 11) is 1.81. The van der Waals surface area contributed by atoms with E-state index >= 15 is 0 Å². The lowest BCUT2D eigenvalue weighted by Crippen LogP contribution is -2.31. The number of carbonyl (C=O) groups excluding carboxylic acids is 1. The molecule has 0 aliphatic carbocycles. The molecule has 134 valence electrons. The van der Waals surface area contributed by atoms with Crippen LogP contribution in [-0.4, -0.2) is 39.4 Å². The summed E-state index contributed by atoms with van der Waals surface area (Å²) in [5.74, 6) is 0.910. The first-order valence-corrected chi connectivity index (χ1v) is 8.68. The van der Waals surface area contributed by atoms with Crippen molar-refractivity contribution < 1.29 is 9.18 Å². The van der Waals surface area contributed by atoms with Crippen molar-refractivity contribution in [1.82, 2.24) is 19.9 Å². The van der Waals surface area contributed by atoms with E-state index in [1.54, 1.807) is 18.2 Å². The van der Waals surface area contributed by atoms with Crippen LogP contribution in [0.5, 0.6) is 0 Å². The number of hydrogen-bond acceptors (Lipinski definition) is 4.